The van der Waals surface area contributed by atoms with Crippen LogP contribution in [0.4, 0.5) is 0 Å². The molecule has 0 fully saturated rings. The second kappa shape index (κ2) is 7.99. The van der Waals surface area contributed by atoms with Gasteiger partial charge in [0.1, 0.15) is 0 Å². The molecular weight excluding hydrogens is 134 g/mol. The first kappa shape index (κ1) is 11.7. The number of hydrogen-bond acceptors (Lipinski definition) is 1. The van der Waals surface area contributed by atoms with Crippen molar-refractivity contribution in [2.45, 2.75) is 32.7 Å². The quantitative estimate of drug-likeness (QED) is 0.612. The minimum absolute atomic E-state index is 0. The third kappa shape index (κ3) is 7.99. The third-order valence-electron chi connectivity index (χ3n) is 1.06. The van der Waals surface area contributed by atoms with E-state index >= 15 is 0 Å². The van der Waals surface area contributed by atoms with E-state index in [9.17, 15) is 0 Å². The molecule has 0 amide bonds. The zero-order chi connectivity index (χ0) is 6.41. The van der Waals surface area contributed by atoms with E-state index in [1.54, 1.807) is 0 Å². The predicted octanol–water partition coefficient (Wildman–Crippen LogP) is 2.11. The third-order valence-corrected chi connectivity index (χ3v) is 1.06. The maximum atomic E-state index is 5.61. The highest BCUT2D eigenvalue weighted by Gasteiger charge is 1.90. The van der Waals surface area contributed by atoms with Gasteiger partial charge in [0.05, 0.1) is 0 Å². The van der Waals surface area contributed by atoms with Crippen LogP contribution in [-0.4, -0.2) is 6.04 Å². The average Bonchev–Trinajstić information content (AvgIpc) is 1.68. The lowest BCUT2D eigenvalue weighted by molar-refractivity contribution is 0.703. The summed E-state index contributed by atoms with van der Waals surface area (Å²) in [5.74, 6) is 0. The van der Waals surface area contributed by atoms with E-state index in [2.05, 4.69) is 6.92 Å². The van der Waals surface area contributed by atoms with Crippen molar-refractivity contribution in [3.63, 3.8) is 0 Å². The standard InChI is InChI=1S/C7H15N.ClH/c1-3-5-7(8)6-4-2;/h3,5,7H,4,6,8H2,1-2H3;1H. The van der Waals surface area contributed by atoms with Gasteiger partial charge in [-0.05, 0) is 13.3 Å². The second-order valence-electron chi connectivity index (χ2n) is 1.98. The SMILES string of the molecule is CC=CC(N)CCC.Cl. The molecule has 0 spiro atoms. The number of halogens is 1. The van der Waals surface area contributed by atoms with Gasteiger partial charge in [-0.1, -0.05) is 25.5 Å². The van der Waals surface area contributed by atoms with E-state index < -0.39 is 0 Å². The molecule has 0 bridgehead atoms. The number of hydrogen-bond donors (Lipinski definition) is 1. The van der Waals surface area contributed by atoms with Crippen LogP contribution in [-0.2, 0) is 0 Å². The normalized spacial score (nSPS) is 13.2. The summed E-state index contributed by atoms with van der Waals surface area (Å²) in [5, 5.41) is 0. The molecular formula is C7H16ClN. The van der Waals surface area contributed by atoms with Crippen molar-refractivity contribution in [2.75, 3.05) is 0 Å². The van der Waals surface area contributed by atoms with Gasteiger partial charge in [0, 0.05) is 6.04 Å². The molecule has 0 saturated heterocycles. The first-order chi connectivity index (χ1) is 3.81. The predicted molar refractivity (Wildman–Crippen MR) is 44.9 cm³/mol. The molecule has 1 unspecified atom stereocenters. The van der Waals surface area contributed by atoms with Crippen molar-refractivity contribution >= 4 is 12.4 Å². The topological polar surface area (TPSA) is 26.0 Å². The minimum atomic E-state index is 0. The summed E-state index contributed by atoms with van der Waals surface area (Å²) in [6.45, 7) is 4.14. The van der Waals surface area contributed by atoms with Gasteiger partial charge in [0.15, 0.2) is 0 Å². The monoisotopic (exact) mass is 149 g/mol. The highest BCUT2D eigenvalue weighted by Crippen LogP contribution is 1.93. The maximum Gasteiger partial charge on any atom is 0.0223 e. The fraction of sp³-hybridized carbons (Fsp3) is 0.714. The first-order valence-corrected chi connectivity index (χ1v) is 3.19. The van der Waals surface area contributed by atoms with Crippen LogP contribution in [0.2, 0.25) is 0 Å². The Morgan fingerprint density at radius 3 is 2.44 bits per heavy atom. The Bertz CT molecular complexity index is 71.3. The fourth-order valence-electron chi connectivity index (χ4n) is 0.677. The Kier molecular flexibility index (Phi) is 10.4. The molecule has 0 aliphatic heterocycles. The lowest BCUT2D eigenvalue weighted by Gasteiger charge is -2.00. The van der Waals surface area contributed by atoms with Crippen molar-refractivity contribution in [2.24, 2.45) is 5.73 Å². The molecule has 1 nitrogen and oxygen atoms in total. The van der Waals surface area contributed by atoms with Gasteiger partial charge in [-0.3, -0.25) is 0 Å². The zero-order valence-corrected chi connectivity index (χ0v) is 6.95. The molecule has 0 aromatic heterocycles. The van der Waals surface area contributed by atoms with Gasteiger partial charge >= 0.3 is 0 Å². The molecule has 2 N–H and O–H groups in total. The first-order valence-electron chi connectivity index (χ1n) is 3.19. The molecule has 0 aromatic rings. The Hall–Kier alpha value is -0.0100. The Morgan fingerprint density at radius 2 is 2.11 bits per heavy atom. The minimum Gasteiger partial charge on any atom is -0.324 e. The highest BCUT2D eigenvalue weighted by atomic mass is 35.5. The van der Waals surface area contributed by atoms with Gasteiger partial charge in [-0.2, -0.15) is 0 Å². The van der Waals surface area contributed by atoms with Crippen molar-refractivity contribution in [1.29, 1.82) is 0 Å². The van der Waals surface area contributed by atoms with Gasteiger partial charge in [0.2, 0.25) is 0 Å². The molecule has 56 valence electrons. The van der Waals surface area contributed by atoms with Crippen molar-refractivity contribution in [3.05, 3.63) is 12.2 Å². The molecule has 2 heteroatoms. The van der Waals surface area contributed by atoms with Crippen molar-refractivity contribution < 1.29 is 0 Å². The van der Waals surface area contributed by atoms with Crippen LogP contribution >= 0.6 is 12.4 Å². The summed E-state index contributed by atoms with van der Waals surface area (Å²) in [5.41, 5.74) is 5.61. The van der Waals surface area contributed by atoms with Crippen LogP contribution in [0.1, 0.15) is 26.7 Å². The van der Waals surface area contributed by atoms with Crippen LogP contribution in [0.15, 0.2) is 12.2 Å². The van der Waals surface area contributed by atoms with Crippen LogP contribution < -0.4 is 5.73 Å². The molecule has 0 rings (SSSR count). The molecule has 0 heterocycles. The Balaban J connectivity index is 0. The molecule has 9 heavy (non-hydrogen) atoms. The van der Waals surface area contributed by atoms with Crippen LogP contribution in [0.3, 0.4) is 0 Å². The number of allylic oxidation sites excluding steroid dienone is 1. The summed E-state index contributed by atoms with van der Waals surface area (Å²) in [6, 6.07) is 0.282. The van der Waals surface area contributed by atoms with Crippen molar-refractivity contribution in [3.8, 4) is 0 Å². The molecule has 0 aliphatic rings. The highest BCUT2D eigenvalue weighted by molar-refractivity contribution is 5.85. The lowest BCUT2D eigenvalue weighted by Crippen LogP contribution is -2.15. The second-order valence-corrected chi connectivity index (χ2v) is 1.98. The van der Waals surface area contributed by atoms with Crippen molar-refractivity contribution in [1.82, 2.24) is 0 Å². The van der Waals surface area contributed by atoms with Gasteiger partial charge in [-0.25, -0.2) is 0 Å². The van der Waals surface area contributed by atoms with Crippen LogP contribution in [0, 0.1) is 0 Å². The molecule has 0 saturated carbocycles. The van der Waals surface area contributed by atoms with E-state index in [0.717, 1.165) is 6.42 Å². The average molecular weight is 150 g/mol. The Labute approximate surface area is 63.7 Å². The van der Waals surface area contributed by atoms with Gasteiger partial charge in [0.25, 0.3) is 0 Å². The summed E-state index contributed by atoms with van der Waals surface area (Å²) in [6.07, 6.45) is 6.31. The van der Waals surface area contributed by atoms with Crippen LogP contribution in [0.25, 0.3) is 0 Å². The fourth-order valence-corrected chi connectivity index (χ4v) is 0.677. The summed E-state index contributed by atoms with van der Waals surface area (Å²) in [7, 11) is 0. The number of rotatable bonds is 3. The van der Waals surface area contributed by atoms with E-state index in [1.165, 1.54) is 6.42 Å². The lowest BCUT2D eigenvalue weighted by atomic mass is 10.2. The number of nitrogens with two attached hydrogens (primary N) is 1. The van der Waals surface area contributed by atoms with E-state index in [1.807, 2.05) is 19.1 Å². The summed E-state index contributed by atoms with van der Waals surface area (Å²) in [4.78, 5) is 0. The van der Waals surface area contributed by atoms with Crippen LogP contribution in [0.5, 0.6) is 0 Å². The van der Waals surface area contributed by atoms with E-state index in [4.69, 9.17) is 5.73 Å². The molecule has 0 radical (unpaired) electrons. The summed E-state index contributed by atoms with van der Waals surface area (Å²) < 4.78 is 0. The zero-order valence-electron chi connectivity index (χ0n) is 6.13. The smallest absolute Gasteiger partial charge is 0.0223 e. The van der Waals surface area contributed by atoms with E-state index in [-0.39, 0.29) is 18.4 Å². The van der Waals surface area contributed by atoms with Gasteiger partial charge < -0.3 is 5.73 Å². The maximum absolute atomic E-state index is 5.61. The molecule has 1 atom stereocenters. The molecule has 0 aliphatic carbocycles. The summed E-state index contributed by atoms with van der Waals surface area (Å²) >= 11 is 0. The Morgan fingerprint density at radius 1 is 1.56 bits per heavy atom. The van der Waals surface area contributed by atoms with Gasteiger partial charge in [-0.15, -0.1) is 12.4 Å². The largest absolute Gasteiger partial charge is 0.324 e. The van der Waals surface area contributed by atoms with E-state index in [0.29, 0.717) is 0 Å². The molecule has 0 aromatic carbocycles.